The van der Waals surface area contributed by atoms with Crippen LogP contribution in [0.3, 0.4) is 0 Å². The molecule has 0 aliphatic heterocycles. The number of nitrogens with one attached hydrogen (secondary N) is 2. The van der Waals surface area contributed by atoms with E-state index in [1.807, 2.05) is 0 Å². The van der Waals surface area contributed by atoms with E-state index in [9.17, 15) is 9.59 Å². The third-order valence-electron chi connectivity index (χ3n) is 2.33. The second-order valence-electron chi connectivity index (χ2n) is 4.14. The summed E-state index contributed by atoms with van der Waals surface area (Å²) in [5.41, 5.74) is 0. The molecule has 0 radical (unpaired) electrons. The number of carbonyl (C=O) groups is 2. The molecule has 0 spiro atoms. The summed E-state index contributed by atoms with van der Waals surface area (Å²) in [6.07, 6.45) is 2.31. The van der Waals surface area contributed by atoms with Gasteiger partial charge in [0.1, 0.15) is 0 Å². The van der Waals surface area contributed by atoms with Gasteiger partial charge in [0.25, 0.3) is 0 Å². The number of amides is 3. The minimum Gasteiger partial charge on any atom is -0.338 e. The average Bonchev–Trinajstić information content (AvgIpc) is 2.86. The van der Waals surface area contributed by atoms with E-state index < -0.39 is 11.3 Å². The van der Waals surface area contributed by atoms with E-state index in [2.05, 4.69) is 27.8 Å². The van der Waals surface area contributed by atoms with Crippen LogP contribution in [-0.2, 0) is 4.79 Å². The Balaban J connectivity index is 2.41. The molecule has 0 bridgehead atoms. The van der Waals surface area contributed by atoms with Crippen LogP contribution in [0.15, 0.2) is 8.68 Å². The van der Waals surface area contributed by atoms with E-state index in [4.69, 9.17) is 0 Å². The first-order valence-corrected chi connectivity index (χ1v) is 9.46. The van der Waals surface area contributed by atoms with Crippen molar-refractivity contribution in [1.82, 2.24) is 20.8 Å². The van der Waals surface area contributed by atoms with Crippen LogP contribution < -0.4 is 10.6 Å². The van der Waals surface area contributed by atoms with Gasteiger partial charge in [-0.05, 0) is 20.3 Å². The number of thioether (sulfide) groups is 2. The predicted molar refractivity (Wildman–Crippen MR) is 88.1 cm³/mol. The first kappa shape index (κ1) is 18.2. The molecule has 0 fully saturated rings. The number of nitrogens with zero attached hydrogens (tertiary/aromatic N) is 2. The van der Waals surface area contributed by atoms with Crippen LogP contribution in [0.1, 0.15) is 33.6 Å². The normalized spacial score (nSPS) is 12.0. The van der Waals surface area contributed by atoms with Gasteiger partial charge in [0, 0.05) is 12.3 Å². The largest absolute Gasteiger partial charge is 0.338 e. The van der Waals surface area contributed by atoms with E-state index in [0.29, 0.717) is 6.54 Å². The number of hydrogen-bond acceptors (Lipinski definition) is 7. The minimum absolute atomic E-state index is 0.332. The van der Waals surface area contributed by atoms with E-state index in [1.165, 1.54) is 23.1 Å². The van der Waals surface area contributed by atoms with Gasteiger partial charge in [-0.1, -0.05) is 48.2 Å². The van der Waals surface area contributed by atoms with E-state index in [-0.39, 0.29) is 5.91 Å². The molecule has 1 aromatic heterocycles. The molecule has 1 rings (SSSR count). The van der Waals surface area contributed by atoms with Gasteiger partial charge in [0.2, 0.25) is 5.91 Å². The fraction of sp³-hybridized carbons (Fsp3) is 0.667. The van der Waals surface area contributed by atoms with Gasteiger partial charge < -0.3 is 5.32 Å². The molecule has 1 heterocycles. The maximum absolute atomic E-state index is 11.8. The number of hydrogen-bond donors (Lipinski definition) is 2. The molecule has 1 aromatic rings. The number of carbonyl (C=O) groups excluding carboxylic acids is 2. The molecule has 0 aromatic carbocycles. The second kappa shape index (κ2) is 10.0. The molecule has 0 saturated carbocycles. The summed E-state index contributed by atoms with van der Waals surface area (Å²) in [6, 6.07) is -0.469. The summed E-state index contributed by atoms with van der Waals surface area (Å²) < 4.78 is 1.66. The molecule has 2 N–H and O–H groups in total. The van der Waals surface area contributed by atoms with Gasteiger partial charge in [-0.15, -0.1) is 10.2 Å². The summed E-state index contributed by atoms with van der Waals surface area (Å²) in [4.78, 5) is 23.1. The van der Waals surface area contributed by atoms with Crippen LogP contribution in [-0.4, -0.2) is 39.7 Å². The highest BCUT2D eigenvalue weighted by Gasteiger charge is 2.19. The van der Waals surface area contributed by atoms with Gasteiger partial charge in [0.15, 0.2) is 8.68 Å². The Morgan fingerprint density at radius 2 is 2.00 bits per heavy atom. The zero-order valence-electron chi connectivity index (χ0n) is 12.3. The minimum atomic E-state index is -0.469. The summed E-state index contributed by atoms with van der Waals surface area (Å²) >= 11 is 4.48. The fourth-order valence-electron chi connectivity index (χ4n) is 1.23. The van der Waals surface area contributed by atoms with Crippen molar-refractivity contribution in [2.24, 2.45) is 0 Å². The monoisotopic (exact) mass is 348 g/mol. The Bertz CT molecular complexity index is 467. The molecule has 0 aliphatic rings. The smallest absolute Gasteiger partial charge is 0.321 e. The lowest BCUT2D eigenvalue weighted by atomic mass is 10.4. The van der Waals surface area contributed by atoms with Crippen molar-refractivity contribution in [3.05, 3.63) is 0 Å². The molecule has 118 valence electrons. The number of rotatable bonds is 8. The van der Waals surface area contributed by atoms with Crippen molar-refractivity contribution in [3.8, 4) is 0 Å². The second-order valence-corrected chi connectivity index (χ2v) is 8.05. The highest BCUT2D eigenvalue weighted by Crippen LogP contribution is 2.31. The number of urea groups is 1. The summed E-state index contributed by atoms with van der Waals surface area (Å²) in [5, 5.41) is 12.6. The first-order valence-electron chi connectivity index (χ1n) is 6.78. The Labute approximate surface area is 137 Å². The van der Waals surface area contributed by atoms with Crippen molar-refractivity contribution in [2.75, 3.05) is 12.3 Å². The summed E-state index contributed by atoms with van der Waals surface area (Å²) in [7, 11) is 0. The molecule has 3 amide bonds. The van der Waals surface area contributed by atoms with Crippen LogP contribution in [0.4, 0.5) is 4.79 Å². The molecular formula is C12H20N4O2S3. The Kier molecular flexibility index (Phi) is 8.70. The highest BCUT2D eigenvalue weighted by molar-refractivity contribution is 8.03. The van der Waals surface area contributed by atoms with Crippen LogP contribution in [0, 0.1) is 0 Å². The van der Waals surface area contributed by atoms with Gasteiger partial charge in [-0.3, -0.25) is 10.1 Å². The number of unbranched alkanes of at least 4 members (excludes halogenated alkanes) is 1. The lowest BCUT2D eigenvalue weighted by molar-refractivity contribution is -0.119. The lowest BCUT2D eigenvalue weighted by Gasteiger charge is -2.09. The predicted octanol–water partition coefficient (Wildman–Crippen LogP) is 2.76. The van der Waals surface area contributed by atoms with Gasteiger partial charge in [0.05, 0.1) is 5.25 Å². The Morgan fingerprint density at radius 3 is 2.67 bits per heavy atom. The van der Waals surface area contributed by atoms with E-state index in [0.717, 1.165) is 27.3 Å². The average molecular weight is 349 g/mol. The van der Waals surface area contributed by atoms with Crippen molar-refractivity contribution in [3.63, 3.8) is 0 Å². The zero-order chi connectivity index (χ0) is 15.7. The number of imide groups is 1. The van der Waals surface area contributed by atoms with Crippen LogP contribution in [0.5, 0.6) is 0 Å². The van der Waals surface area contributed by atoms with Crippen molar-refractivity contribution >= 4 is 46.8 Å². The van der Waals surface area contributed by atoms with Gasteiger partial charge in [-0.25, -0.2) is 4.79 Å². The van der Waals surface area contributed by atoms with Gasteiger partial charge in [-0.2, -0.15) is 0 Å². The lowest BCUT2D eigenvalue weighted by Crippen LogP contribution is -2.42. The standard InChI is InChI=1S/C12H20N4O2S3/c1-4-6-7-19-11-15-16-12(21-11)20-8(3)9(17)14-10(18)13-5-2/h8H,4-7H2,1-3H3,(H2,13,14,17,18)/t8-/m0/s1. The van der Waals surface area contributed by atoms with Crippen molar-refractivity contribution in [2.45, 2.75) is 47.5 Å². The van der Waals surface area contributed by atoms with Crippen LogP contribution >= 0.6 is 34.9 Å². The summed E-state index contributed by atoms with van der Waals surface area (Å²) in [6.45, 7) is 6.16. The molecule has 0 aliphatic carbocycles. The molecule has 1 atom stereocenters. The quantitative estimate of drug-likeness (QED) is 0.555. The van der Waals surface area contributed by atoms with Crippen LogP contribution in [0.25, 0.3) is 0 Å². The maximum Gasteiger partial charge on any atom is 0.321 e. The topological polar surface area (TPSA) is 84.0 Å². The molecular weight excluding hydrogens is 328 g/mol. The zero-order valence-corrected chi connectivity index (χ0v) is 14.8. The molecule has 21 heavy (non-hydrogen) atoms. The third kappa shape index (κ3) is 7.14. The molecule has 9 heteroatoms. The SMILES string of the molecule is CCCCSc1nnc(S[C@@H](C)C(=O)NC(=O)NCC)s1. The maximum atomic E-state index is 11.8. The van der Waals surface area contributed by atoms with E-state index in [1.54, 1.807) is 25.6 Å². The molecule has 0 unspecified atom stereocenters. The highest BCUT2D eigenvalue weighted by atomic mass is 32.2. The van der Waals surface area contributed by atoms with Crippen LogP contribution in [0.2, 0.25) is 0 Å². The summed E-state index contributed by atoms with van der Waals surface area (Å²) in [5.74, 6) is 0.699. The number of aromatic nitrogens is 2. The molecule has 0 saturated heterocycles. The van der Waals surface area contributed by atoms with E-state index >= 15 is 0 Å². The fourth-order valence-corrected chi connectivity index (χ4v) is 4.55. The molecule has 6 nitrogen and oxygen atoms in total. The van der Waals surface area contributed by atoms with Crippen molar-refractivity contribution in [1.29, 1.82) is 0 Å². The Hall–Kier alpha value is -0.800. The Morgan fingerprint density at radius 1 is 1.29 bits per heavy atom. The van der Waals surface area contributed by atoms with Gasteiger partial charge >= 0.3 is 6.03 Å². The third-order valence-corrected chi connectivity index (χ3v) is 5.66. The van der Waals surface area contributed by atoms with Crippen molar-refractivity contribution < 1.29 is 9.59 Å². The first-order chi connectivity index (χ1) is 10.1.